The van der Waals surface area contributed by atoms with Crippen LogP contribution in [0.1, 0.15) is 17.0 Å². The van der Waals surface area contributed by atoms with Crippen molar-refractivity contribution in [2.45, 2.75) is 20.4 Å². The SMILES string of the molecule is Cc1nn(-c2ccccc2)c(C)c1N1CCN(Cc2ccncc2)CC1. The molecular formula is C21H25N5. The first-order valence-electron chi connectivity index (χ1n) is 9.20. The Morgan fingerprint density at radius 3 is 2.27 bits per heavy atom. The van der Waals surface area contributed by atoms with Crippen molar-refractivity contribution in [3.63, 3.8) is 0 Å². The molecule has 1 saturated heterocycles. The molecule has 1 aliphatic rings. The van der Waals surface area contributed by atoms with Gasteiger partial charge >= 0.3 is 0 Å². The van der Waals surface area contributed by atoms with E-state index in [0.717, 1.165) is 44.1 Å². The Bertz CT molecular complexity index is 849. The van der Waals surface area contributed by atoms with Gasteiger partial charge in [-0.1, -0.05) is 18.2 Å². The van der Waals surface area contributed by atoms with E-state index in [1.807, 2.05) is 18.5 Å². The zero-order valence-electron chi connectivity index (χ0n) is 15.5. The molecule has 1 aliphatic heterocycles. The van der Waals surface area contributed by atoms with E-state index in [0.29, 0.717) is 0 Å². The molecule has 1 aromatic carbocycles. The minimum atomic E-state index is 0.998. The number of anilines is 1. The minimum Gasteiger partial charge on any atom is -0.366 e. The van der Waals surface area contributed by atoms with E-state index < -0.39 is 0 Å². The summed E-state index contributed by atoms with van der Waals surface area (Å²) < 4.78 is 2.06. The molecule has 0 spiro atoms. The van der Waals surface area contributed by atoms with Gasteiger partial charge < -0.3 is 4.90 Å². The summed E-state index contributed by atoms with van der Waals surface area (Å²) in [6.45, 7) is 9.49. The highest BCUT2D eigenvalue weighted by atomic mass is 15.3. The van der Waals surface area contributed by atoms with Crippen LogP contribution in [0, 0.1) is 13.8 Å². The monoisotopic (exact) mass is 347 g/mol. The van der Waals surface area contributed by atoms with Crippen LogP contribution in [0.5, 0.6) is 0 Å². The lowest BCUT2D eigenvalue weighted by Crippen LogP contribution is -2.46. The molecule has 2 aromatic heterocycles. The molecule has 1 fully saturated rings. The Morgan fingerprint density at radius 2 is 1.58 bits per heavy atom. The Kier molecular flexibility index (Phi) is 4.71. The lowest BCUT2D eigenvalue weighted by molar-refractivity contribution is 0.249. The summed E-state index contributed by atoms with van der Waals surface area (Å²) in [5, 5.41) is 4.80. The summed E-state index contributed by atoms with van der Waals surface area (Å²) in [7, 11) is 0. The van der Waals surface area contributed by atoms with Crippen LogP contribution in [0.4, 0.5) is 5.69 Å². The predicted octanol–water partition coefficient (Wildman–Crippen LogP) is 3.21. The van der Waals surface area contributed by atoms with Gasteiger partial charge in [0.15, 0.2) is 0 Å². The topological polar surface area (TPSA) is 37.2 Å². The number of nitrogens with zero attached hydrogens (tertiary/aromatic N) is 5. The second-order valence-corrected chi connectivity index (χ2v) is 6.89. The maximum Gasteiger partial charge on any atom is 0.0834 e. The van der Waals surface area contributed by atoms with E-state index in [1.165, 1.54) is 16.9 Å². The van der Waals surface area contributed by atoms with Crippen molar-refractivity contribution in [1.82, 2.24) is 19.7 Å². The van der Waals surface area contributed by atoms with Gasteiger partial charge in [-0.25, -0.2) is 4.68 Å². The molecule has 4 rings (SSSR count). The number of para-hydroxylation sites is 1. The summed E-state index contributed by atoms with van der Waals surface area (Å²) in [6, 6.07) is 14.6. The molecular weight excluding hydrogens is 322 g/mol. The van der Waals surface area contributed by atoms with Crippen molar-refractivity contribution in [3.8, 4) is 5.69 Å². The molecule has 3 aromatic rings. The molecule has 0 N–H and O–H groups in total. The maximum absolute atomic E-state index is 4.80. The first kappa shape index (κ1) is 16.8. The predicted molar refractivity (Wildman–Crippen MR) is 105 cm³/mol. The molecule has 134 valence electrons. The van der Waals surface area contributed by atoms with Crippen LogP contribution in [0.2, 0.25) is 0 Å². The van der Waals surface area contributed by atoms with E-state index in [4.69, 9.17) is 5.10 Å². The van der Waals surface area contributed by atoms with Crippen LogP contribution in [0.25, 0.3) is 5.69 Å². The lowest BCUT2D eigenvalue weighted by Gasteiger charge is -2.36. The summed E-state index contributed by atoms with van der Waals surface area (Å²) in [4.78, 5) is 9.10. The molecule has 5 heteroatoms. The molecule has 0 radical (unpaired) electrons. The molecule has 5 nitrogen and oxygen atoms in total. The highest BCUT2D eigenvalue weighted by Crippen LogP contribution is 2.27. The third kappa shape index (κ3) is 3.35. The normalized spacial score (nSPS) is 15.4. The summed E-state index contributed by atoms with van der Waals surface area (Å²) in [5.74, 6) is 0. The Labute approximate surface area is 154 Å². The lowest BCUT2D eigenvalue weighted by atomic mass is 10.2. The number of piperazine rings is 1. The Hall–Kier alpha value is -2.66. The quantitative estimate of drug-likeness (QED) is 0.726. The molecule has 0 saturated carbocycles. The fourth-order valence-corrected chi connectivity index (χ4v) is 3.79. The summed E-state index contributed by atoms with van der Waals surface area (Å²) >= 11 is 0. The van der Waals surface area contributed by atoms with Gasteiger partial charge in [0.1, 0.15) is 0 Å². The van der Waals surface area contributed by atoms with Gasteiger partial charge in [-0.3, -0.25) is 9.88 Å². The number of pyridine rings is 1. The van der Waals surface area contributed by atoms with E-state index in [2.05, 4.69) is 69.7 Å². The van der Waals surface area contributed by atoms with Crippen LogP contribution in [0.15, 0.2) is 54.9 Å². The average molecular weight is 347 g/mol. The van der Waals surface area contributed by atoms with E-state index in [9.17, 15) is 0 Å². The number of hydrogen-bond donors (Lipinski definition) is 0. The van der Waals surface area contributed by atoms with E-state index in [-0.39, 0.29) is 0 Å². The fourth-order valence-electron chi connectivity index (χ4n) is 3.79. The van der Waals surface area contributed by atoms with Crippen molar-refractivity contribution >= 4 is 5.69 Å². The van der Waals surface area contributed by atoms with Crippen molar-refractivity contribution in [2.75, 3.05) is 31.1 Å². The molecule has 0 bridgehead atoms. The number of hydrogen-bond acceptors (Lipinski definition) is 4. The molecule has 26 heavy (non-hydrogen) atoms. The third-order valence-corrected chi connectivity index (χ3v) is 5.10. The van der Waals surface area contributed by atoms with Crippen LogP contribution in [-0.4, -0.2) is 45.8 Å². The standard InChI is InChI=1S/C21H25N5/c1-17-21(18(2)26(23-17)20-6-4-3-5-7-20)25-14-12-24(13-15-25)16-19-8-10-22-11-9-19/h3-11H,12-16H2,1-2H3. The number of aryl methyl sites for hydroxylation is 1. The smallest absolute Gasteiger partial charge is 0.0834 e. The van der Waals surface area contributed by atoms with Crippen molar-refractivity contribution in [2.24, 2.45) is 0 Å². The largest absolute Gasteiger partial charge is 0.366 e. The second kappa shape index (κ2) is 7.30. The highest BCUT2D eigenvalue weighted by molar-refractivity contribution is 5.57. The van der Waals surface area contributed by atoms with Crippen LogP contribution in [-0.2, 0) is 6.54 Å². The van der Waals surface area contributed by atoms with Gasteiger partial charge in [0.2, 0.25) is 0 Å². The average Bonchev–Trinajstić information content (AvgIpc) is 2.98. The van der Waals surface area contributed by atoms with Crippen LogP contribution >= 0.6 is 0 Å². The third-order valence-electron chi connectivity index (χ3n) is 5.10. The summed E-state index contributed by atoms with van der Waals surface area (Å²) in [5.41, 5.74) is 6.07. The fraction of sp³-hybridized carbons (Fsp3) is 0.333. The molecule has 3 heterocycles. The zero-order chi connectivity index (χ0) is 17.9. The van der Waals surface area contributed by atoms with Gasteiger partial charge in [0.25, 0.3) is 0 Å². The summed E-state index contributed by atoms with van der Waals surface area (Å²) in [6.07, 6.45) is 3.74. The minimum absolute atomic E-state index is 0.998. The molecule has 0 unspecified atom stereocenters. The highest BCUT2D eigenvalue weighted by Gasteiger charge is 2.23. The molecule has 0 aliphatic carbocycles. The van der Waals surface area contributed by atoms with Crippen molar-refractivity contribution in [3.05, 3.63) is 71.8 Å². The van der Waals surface area contributed by atoms with Crippen molar-refractivity contribution in [1.29, 1.82) is 0 Å². The number of rotatable bonds is 4. The first-order chi connectivity index (χ1) is 12.7. The van der Waals surface area contributed by atoms with Gasteiger partial charge in [-0.05, 0) is 43.7 Å². The Balaban J connectivity index is 1.47. The van der Waals surface area contributed by atoms with E-state index >= 15 is 0 Å². The van der Waals surface area contributed by atoms with Gasteiger partial charge in [-0.2, -0.15) is 5.10 Å². The van der Waals surface area contributed by atoms with E-state index in [1.54, 1.807) is 0 Å². The van der Waals surface area contributed by atoms with Crippen LogP contribution < -0.4 is 4.90 Å². The molecule has 0 atom stereocenters. The number of benzene rings is 1. The zero-order valence-corrected chi connectivity index (χ0v) is 15.5. The van der Waals surface area contributed by atoms with Crippen molar-refractivity contribution < 1.29 is 0 Å². The first-order valence-corrected chi connectivity index (χ1v) is 9.20. The number of aromatic nitrogens is 3. The maximum atomic E-state index is 4.80. The Morgan fingerprint density at radius 1 is 0.885 bits per heavy atom. The van der Waals surface area contributed by atoms with Gasteiger partial charge in [0.05, 0.1) is 22.8 Å². The second-order valence-electron chi connectivity index (χ2n) is 6.89. The van der Waals surface area contributed by atoms with Crippen LogP contribution in [0.3, 0.4) is 0 Å². The van der Waals surface area contributed by atoms with Gasteiger partial charge in [-0.15, -0.1) is 0 Å². The molecule has 0 amide bonds. The van der Waals surface area contributed by atoms with Gasteiger partial charge in [0, 0.05) is 45.1 Å².